The molecule has 0 aromatic carbocycles. The Morgan fingerprint density at radius 3 is 0.908 bits per heavy atom. The van der Waals surface area contributed by atoms with Gasteiger partial charge in [-0.3, -0.25) is 14.4 Å². The maximum absolute atomic E-state index is 12.8. The monoisotopic (exact) mass is 907 g/mol. The van der Waals surface area contributed by atoms with Gasteiger partial charge in [0.05, 0.1) is 0 Å². The molecule has 0 aliphatic rings. The van der Waals surface area contributed by atoms with E-state index in [-0.39, 0.29) is 31.1 Å². The fraction of sp³-hybridized carbons (Fsp3) is 0.746. The predicted octanol–water partition coefficient (Wildman–Crippen LogP) is 18.2. The first-order chi connectivity index (χ1) is 32.0. The lowest BCUT2D eigenvalue weighted by Gasteiger charge is -2.18. The van der Waals surface area contributed by atoms with Gasteiger partial charge in [-0.15, -0.1) is 0 Å². The second-order valence-electron chi connectivity index (χ2n) is 18.1. The summed E-state index contributed by atoms with van der Waals surface area (Å²) in [5, 5.41) is 0. The van der Waals surface area contributed by atoms with Gasteiger partial charge in [-0.05, 0) is 103 Å². The van der Waals surface area contributed by atoms with Gasteiger partial charge in [-0.1, -0.05) is 216 Å². The van der Waals surface area contributed by atoms with Gasteiger partial charge in [-0.2, -0.15) is 0 Å². The Morgan fingerprint density at radius 2 is 0.585 bits per heavy atom. The third-order valence-corrected chi connectivity index (χ3v) is 11.6. The molecule has 0 saturated carbocycles. The standard InChI is InChI=1S/C59H102O6/c1-4-7-10-13-16-19-22-25-26-27-28-29-30-31-32-35-37-40-43-46-49-52-58(61)64-55-56(65-59(62)53-50-47-44-41-38-34-24-21-18-15-12-9-6-3)54-63-57(60)51-48-45-42-39-36-33-23-20-17-14-11-8-5-2/h11-12,14-15,20-25,27-28,56H,4-10,13,16-19,26,29-55H2,1-3H3/b14-11-,15-12-,23-20-,24-21-,25-22-,28-27-. The van der Waals surface area contributed by atoms with Gasteiger partial charge in [0.1, 0.15) is 13.2 Å². The Labute approximate surface area is 402 Å². The zero-order chi connectivity index (χ0) is 47.2. The topological polar surface area (TPSA) is 78.9 Å². The van der Waals surface area contributed by atoms with Crippen LogP contribution in [0.3, 0.4) is 0 Å². The van der Waals surface area contributed by atoms with Crippen LogP contribution in [0.4, 0.5) is 0 Å². The van der Waals surface area contributed by atoms with E-state index >= 15 is 0 Å². The Balaban J connectivity index is 4.35. The SMILES string of the molecule is CCC/C=C\C/C=C\CCCCCCCC(=O)OCC(COC(=O)CCCCCCCCCCC/C=C\C/C=C\CCCCCCC)OC(=O)CCCCCCC/C=C\C/C=C\CCC. The Hall–Kier alpha value is -3.15. The van der Waals surface area contributed by atoms with Crippen molar-refractivity contribution < 1.29 is 28.6 Å². The summed E-state index contributed by atoms with van der Waals surface area (Å²) in [5.41, 5.74) is 0. The molecule has 0 amide bonds. The van der Waals surface area contributed by atoms with E-state index in [1.165, 1.54) is 96.3 Å². The van der Waals surface area contributed by atoms with Crippen molar-refractivity contribution in [2.75, 3.05) is 13.2 Å². The van der Waals surface area contributed by atoms with E-state index in [0.717, 1.165) is 128 Å². The van der Waals surface area contributed by atoms with E-state index in [0.29, 0.717) is 19.3 Å². The second kappa shape index (κ2) is 53.5. The van der Waals surface area contributed by atoms with E-state index < -0.39 is 6.10 Å². The van der Waals surface area contributed by atoms with Gasteiger partial charge >= 0.3 is 17.9 Å². The first-order valence-electron chi connectivity index (χ1n) is 27.4. The molecule has 0 fully saturated rings. The molecular formula is C59H102O6. The smallest absolute Gasteiger partial charge is 0.306 e. The third kappa shape index (κ3) is 51.7. The summed E-state index contributed by atoms with van der Waals surface area (Å²) >= 11 is 0. The average molecular weight is 907 g/mol. The number of esters is 3. The number of carbonyl (C=O) groups excluding carboxylic acids is 3. The number of hydrogen-bond acceptors (Lipinski definition) is 6. The lowest BCUT2D eigenvalue weighted by Crippen LogP contribution is -2.30. The van der Waals surface area contributed by atoms with E-state index in [1.807, 2.05) is 0 Å². The molecule has 374 valence electrons. The molecule has 65 heavy (non-hydrogen) atoms. The van der Waals surface area contributed by atoms with Gasteiger partial charge in [0, 0.05) is 19.3 Å². The third-order valence-electron chi connectivity index (χ3n) is 11.6. The lowest BCUT2D eigenvalue weighted by atomic mass is 10.1. The quantitative estimate of drug-likeness (QED) is 0.0262. The maximum atomic E-state index is 12.8. The maximum Gasteiger partial charge on any atom is 0.306 e. The zero-order valence-corrected chi connectivity index (χ0v) is 42.7. The predicted molar refractivity (Wildman–Crippen MR) is 279 cm³/mol. The second-order valence-corrected chi connectivity index (χ2v) is 18.1. The van der Waals surface area contributed by atoms with Crippen molar-refractivity contribution in [3.63, 3.8) is 0 Å². The molecular weight excluding hydrogens is 805 g/mol. The largest absolute Gasteiger partial charge is 0.462 e. The molecule has 0 N–H and O–H groups in total. The van der Waals surface area contributed by atoms with Crippen molar-refractivity contribution in [3.8, 4) is 0 Å². The summed E-state index contributed by atoms with van der Waals surface area (Å²) in [7, 11) is 0. The molecule has 0 spiro atoms. The van der Waals surface area contributed by atoms with Crippen LogP contribution in [0, 0.1) is 0 Å². The van der Waals surface area contributed by atoms with Gasteiger partial charge < -0.3 is 14.2 Å². The fourth-order valence-electron chi connectivity index (χ4n) is 7.49. The number of rotatable bonds is 49. The summed E-state index contributed by atoms with van der Waals surface area (Å²) in [6.07, 6.45) is 67.4. The summed E-state index contributed by atoms with van der Waals surface area (Å²) in [4.78, 5) is 38.0. The summed E-state index contributed by atoms with van der Waals surface area (Å²) in [5.74, 6) is -0.918. The van der Waals surface area contributed by atoms with E-state index in [9.17, 15) is 14.4 Å². The molecule has 0 saturated heterocycles. The van der Waals surface area contributed by atoms with Crippen molar-refractivity contribution in [2.45, 2.75) is 271 Å². The first-order valence-corrected chi connectivity index (χ1v) is 27.4. The van der Waals surface area contributed by atoms with Gasteiger partial charge in [-0.25, -0.2) is 0 Å². The van der Waals surface area contributed by atoms with Crippen LogP contribution in [-0.2, 0) is 28.6 Å². The molecule has 6 nitrogen and oxygen atoms in total. The number of allylic oxidation sites excluding steroid dienone is 12. The summed E-state index contributed by atoms with van der Waals surface area (Å²) in [6.45, 7) is 6.48. The number of ether oxygens (including phenoxy) is 3. The van der Waals surface area contributed by atoms with Crippen LogP contribution in [0.25, 0.3) is 0 Å². The van der Waals surface area contributed by atoms with Crippen molar-refractivity contribution in [1.29, 1.82) is 0 Å². The van der Waals surface area contributed by atoms with Crippen molar-refractivity contribution in [3.05, 3.63) is 72.9 Å². The first kappa shape index (κ1) is 61.9. The van der Waals surface area contributed by atoms with E-state index in [1.54, 1.807) is 0 Å². The highest BCUT2D eigenvalue weighted by Gasteiger charge is 2.19. The van der Waals surface area contributed by atoms with E-state index in [2.05, 4.69) is 93.7 Å². The summed E-state index contributed by atoms with van der Waals surface area (Å²) < 4.78 is 16.8. The molecule has 1 unspecified atom stereocenters. The molecule has 0 radical (unpaired) electrons. The van der Waals surface area contributed by atoms with Crippen LogP contribution in [0.5, 0.6) is 0 Å². The molecule has 0 heterocycles. The molecule has 1 atom stereocenters. The lowest BCUT2D eigenvalue weighted by molar-refractivity contribution is -0.167. The average Bonchev–Trinajstić information content (AvgIpc) is 3.30. The molecule has 0 aliphatic heterocycles. The van der Waals surface area contributed by atoms with Gasteiger partial charge in [0.2, 0.25) is 0 Å². The van der Waals surface area contributed by atoms with E-state index in [4.69, 9.17) is 14.2 Å². The minimum absolute atomic E-state index is 0.0880. The number of carbonyl (C=O) groups is 3. The van der Waals surface area contributed by atoms with Gasteiger partial charge in [0.25, 0.3) is 0 Å². The molecule has 0 aliphatic carbocycles. The van der Waals surface area contributed by atoms with Crippen molar-refractivity contribution in [2.24, 2.45) is 0 Å². The zero-order valence-electron chi connectivity index (χ0n) is 42.7. The minimum atomic E-state index is -0.790. The number of unbranched alkanes of at least 4 members (excludes halogenated alkanes) is 26. The Morgan fingerprint density at radius 1 is 0.308 bits per heavy atom. The van der Waals surface area contributed by atoms with Crippen LogP contribution >= 0.6 is 0 Å². The summed E-state index contributed by atoms with van der Waals surface area (Å²) in [6, 6.07) is 0. The molecule has 0 bridgehead atoms. The van der Waals surface area contributed by atoms with Crippen molar-refractivity contribution >= 4 is 17.9 Å². The highest BCUT2D eigenvalue weighted by Crippen LogP contribution is 2.14. The van der Waals surface area contributed by atoms with Crippen molar-refractivity contribution in [1.82, 2.24) is 0 Å². The minimum Gasteiger partial charge on any atom is -0.462 e. The number of hydrogen-bond donors (Lipinski definition) is 0. The molecule has 0 aromatic rings. The van der Waals surface area contributed by atoms with Gasteiger partial charge in [0.15, 0.2) is 6.10 Å². The van der Waals surface area contributed by atoms with Crippen LogP contribution < -0.4 is 0 Å². The van der Waals surface area contributed by atoms with Crippen LogP contribution in [0.2, 0.25) is 0 Å². The normalized spacial score (nSPS) is 12.6. The molecule has 0 rings (SSSR count). The highest BCUT2D eigenvalue weighted by molar-refractivity contribution is 5.71. The highest BCUT2D eigenvalue weighted by atomic mass is 16.6. The Kier molecular flexibility index (Phi) is 50.9. The molecule has 6 heteroatoms. The van der Waals surface area contributed by atoms with Crippen LogP contribution in [0.15, 0.2) is 72.9 Å². The van der Waals surface area contributed by atoms with Crippen LogP contribution in [-0.4, -0.2) is 37.2 Å². The van der Waals surface area contributed by atoms with Crippen LogP contribution in [0.1, 0.15) is 265 Å². The Bertz CT molecular complexity index is 1230. The molecule has 0 aromatic heterocycles. The fourth-order valence-corrected chi connectivity index (χ4v) is 7.49.